The lowest BCUT2D eigenvalue weighted by Gasteiger charge is -2.41. The molecule has 1 unspecified atom stereocenters. The summed E-state index contributed by atoms with van der Waals surface area (Å²) in [5.74, 6) is 0.737. The molecule has 7 rings (SSSR count). The lowest BCUT2D eigenvalue weighted by molar-refractivity contribution is 0.0346. The van der Waals surface area contributed by atoms with Crippen molar-refractivity contribution >= 4 is 38.4 Å². The molecular weight excluding hydrogens is 573 g/mol. The van der Waals surface area contributed by atoms with Gasteiger partial charge in [-0.05, 0) is 98.9 Å². The second-order valence-electron chi connectivity index (χ2n) is 12.4. The Morgan fingerprint density at radius 1 is 1.16 bits per heavy atom. The summed E-state index contributed by atoms with van der Waals surface area (Å²) in [5, 5.41) is 4.57. The average Bonchev–Trinajstić information content (AvgIpc) is 3.64. The molecule has 7 nitrogen and oxygen atoms in total. The molecule has 1 saturated carbocycles. The first-order valence-corrected chi connectivity index (χ1v) is 17.4. The minimum atomic E-state index is -0.402. The number of carbonyl (C=O) groups is 1. The molecule has 2 atom stereocenters. The van der Waals surface area contributed by atoms with E-state index in [9.17, 15) is 4.79 Å². The fourth-order valence-electron chi connectivity index (χ4n) is 6.53. The molecule has 0 spiro atoms. The monoisotopic (exact) mass is 612 g/mol. The Morgan fingerprint density at radius 3 is 2.74 bits per heavy atom. The smallest absolute Gasteiger partial charge is 0.252 e. The molecule has 1 N–H and O–H groups in total. The molecule has 3 fully saturated rings. The van der Waals surface area contributed by atoms with E-state index in [2.05, 4.69) is 52.5 Å². The number of nitrogens with one attached hydrogen (secondary N) is 1. The van der Waals surface area contributed by atoms with Crippen LogP contribution in [0.15, 0.2) is 60.8 Å². The van der Waals surface area contributed by atoms with E-state index < -0.39 is 5.54 Å². The van der Waals surface area contributed by atoms with Gasteiger partial charge in [0.15, 0.2) is 0 Å². The minimum Gasteiger partial charge on any atom is -0.494 e. The van der Waals surface area contributed by atoms with Crippen molar-refractivity contribution in [2.24, 2.45) is 0 Å². The standard InChI is InChI=1S/C34H40N4O3SSi/c1-22-5-6-24(41-33(43)30-9-13-37(30)2)20-27(22)32(39)36-34(10-11-34)28-18-23(19-29-26(28)4-3-12-35-29)31-8-7-25(42-31)21-38-14-16-40-17-15-38/h3-8,12,18-20,30,33H,9-11,13-17,21H2,1-2,43H3,(H,36,39)/t30-,33?/m0/s1. The topological polar surface area (TPSA) is 66.9 Å². The summed E-state index contributed by atoms with van der Waals surface area (Å²) in [6, 6.07) is 19.5. The number of amides is 1. The van der Waals surface area contributed by atoms with Crippen molar-refractivity contribution in [1.82, 2.24) is 20.1 Å². The van der Waals surface area contributed by atoms with E-state index in [1.165, 1.54) is 16.2 Å². The summed E-state index contributed by atoms with van der Waals surface area (Å²) in [7, 11) is 3.10. The predicted molar refractivity (Wildman–Crippen MR) is 176 cm³/mol. The Balaban J connectivity index is 1.15. The maximum absolute atomic E-state index is 13.9. The van der Waals surface area contributed by atoms with Crippen LogP contribution >= 0.6 is 11.3 Å². The summed E-state index contributed by atoms with van der Waals surface area (Å²) in [6.07, 6.45) is 4.84. The van der Waals surface area contributed by atoms with Crippen LogP contribution < -0.4 is 10.1 Å². The van der Waals surface area contributed by atoms with Crippen molar-refractivity contribution < 1.29 is 14.3 Å². The second kappa shape index (κ2) is 11.8. The molecule has 43 heavy (non-hydrogen) atoms. The number of benzene rings is 2. The molecule has 2 saturated heterocycles. The first-order chi connectivity index (χ1) is 20.9. The number of ether oxygens (including phenoxy) is 2. The summed E-state index contributed by atoms with van der Waals surface area (Å²) in [4.78, 5) is 26.0. The van der Waals surface area contributed by atoms with E-state index >= 15 is 0 Å². The number of hydrogen-bond donors (Lipinski definition) is 1. The quantitative estimate of drug-likeness (QED) is 0.285. The van der Waals surface area contributed by atoms with Gasteiger partial charge in [-0.2, -0.15) is 0 Å². The zero-order chi connectivity index (χ0) is 29.6. The second-order valence-corrected chi connectivity index (χ2v) is 14.7. The molecule has 4 aromatic rings. The fraction of sp³-hybridized carbons (Fsp3) is 0.412. The third kappa shape index (κ3) is 5.89. The highest BCUT2D eigenvalue weighted by Crippen LogP contribution is 2.49. The molecule has 9 heteroatoms. The van der Waals surface area contributed by atoms with Crippen molar-refractivity contribution in [3.8, 4) is 16.2 Å². The molecular formula is C34H40N4O3SSi. The number of likely N-dealkylation sites (tertiary alicyclic amines) is 1. The van der Waals surface area contributed by atoms with Crippen molar-refractivity contribution in [2.45, 2.75) is 50.0 Å². The van der Waals surface area contributed by atoms with Crippen molar-refractivity contribution in [2.75, 3.05) is 39.9 Å². The van der Waals surface area contributed by atoms with Gasteiger partial charge >= 0.3 is 0 Å². The molecule has 1 aliphatic carbocycles. The van der Waals surface area contributed by atoms with E-state index in [4.69, 9.17) is 14.5 Å². The lowest BCUT2D eigenvalue weighted by Crippen LogP contribution is -2.53. The van der Waals surface area contributed by atoms with E-state index in [0.29, 0.717) is 11.6 Å². The van der Waals surface area contributed by atoms with Gasteiger partial charge in [-0.1, -0.05) is 12.1 Å². The summed E-state index contributed by atoms with van der Waals surface area (Å²) in [5.41, 5.74) is 4.72. The van der Waals surface area contributed by atoms with Gasteiger partial charge in [0, 0.05) is 52.6 Å². The van der Waals surface area contributed by atoms with Gasteiger partial charge in [-0.25, -0.2) is 0 Å². The third-order valence-electron chi connectivity index (χ3n) is 9.43. The van der Waals surface area contributed by atoms with Gasteiger partial charge in [0.25, 0.3) is 5.91 Å². The molecule has 2 aromatic heterocycles. The molecule has 0 radical (unpaired) electrons. The van der Waals surface area contributed by atoms with Crippen LogP contribution in [-0.4, -0.2) is 82.6 Å². The minimum absolute atomic E-state index is 0.0440. The van der Waals surface area contributed by atoms with Crippen LogP contribution in [0.2, 0.25) is 0 Å². The number of likely N-dealkylation sites (N-methyl/N-ethyl adjacent to an activating group) is 1. The number of aromatic nitrogens is 1. The van der Waals surface area contributed by atoms with E-state index in [-0.39, 0.29) is 11.6 Å². The van der Waals surface area contributed by atoms with Crippen molar-refractivity contribution in [3.63, 3.8) is 0 Å². The first kappa shape index (κ1) is 28.7. The van der Waals surface area contributed by atoms with Crippen LogP contribution in [0.1, 0.15) is 45.6 Å². The zero-order valence-corrected chi connectivity index (χ0v) is 28.1. The Labute approximate surface area is 260 Å². The number of rotatable bonds is 9. The van der Waals surface area contributed by atoms with Gasteiger partial charge in [0.05, 0.1) is 40.2 Å². The highest BCUT2D eigenvalue weighted by Gasteiger charge is 2.47. The Kier molecular flexibility index (Phi) is 7.86. The molecule has 0 bridgehead atoms. The third-order valence-corrected chi connectivity index (χ3v) is 11.6. The maximum Gasteiger partial charge on any atom is 0.252 e. The maximum atomic E-state index is 13.9. The Bertz CT molecular complexity index is 1650. The SMILES string of the molecule is Cc1ccc(OC([SiH3])[C@@H]2CCN2C)cc1C(=O)NC1(c2cc(-c3ccc(CN4CCOCC4)s3)cc3ncccc23)CC1. The van der Waals surface area contributed by atoms with Crippen molar-refractivity contribution in [1.29, 1.82) is 0 Å². The number of hydrogen-bond acceptors (Lipinski definition) is 7. The summed E-state index contributed by atoms with van der Waals surface area (Å²) >= 11 is 1.84. The number of pyridine rings is 1. The lowest BCUT2D eigenvalue weighted by atomic mass is 9.95. The zero-order valence-electron chi connectivity index (χ0n) is 25.3. The van der Waals surface area contributed by atoms with Gasteiger partial charge in [-0.3, -0.25) is 14.7 Å². The molecule has 2 aliphatic heterocycles. The normalized spacial score (nSPS) is 20.9. The molecule has 3 aliphatic rings. The first-order valence-electron chi connectivity index (χ1n) is 15.5. The Morgan fingerprint density at radius 2 is 2.00 bits per heavy atom. The highest BCUT2D eigenvalue weighted by molar-refractivity contribution is 7.15. The summed E-state index contributed by atoms with van der Waals surface area (Å²) < 4.78 is 11.9. The molecule has 4 heterocycles. The summed E-state index contributed by atoms with van der Waals surface area (Å²) in [6.45, 7) is 7.65. The number of carbonyl (C=O) groups excluding carboxylic acids is 1. The number of nitrogens with zero attached hydrogens (tertiary/aromatic N) is 3. The van der Waals surface area contributed by atoms with Crippen LogP contribution in [0.3, 0.4) is 0 Å². The van der Waals surface area contributed by atoms with Crippen molar-refractivity contribution in [3.05, 3.63) is 82.4 Å². The fourth-order valence-corrected chi connectivity index (χ4v) is 8.68. The molecule has 224 valence electrons. The van der Waals surface area contributed by atoms with Crippen LogP contribution in [-0.2, 0) is 16.8 Å². The number of morpholine rings is 1. The van der Waals surface area contributed by atoms with Gasteiger partial charge in [-0.15, -0.1) is 11.3 Å². The predicted octanol–water partition coefficient (Wildman–Crippen LogP) is 4.30. The largest absolute Gasteiger partial charge is 0.494 e. The van der Waals surface area contributed by atoms with E-state index in [1.807, 2.05) is 48.7 Å². The van der Waals surface area contributed by atoms with Crippen LogP contribution in [0.4, 0.5) is 0 Å². The number of aryl methyl sites for hydroxylation is 1. The van der Waals surface area contributed by atoms with E-state index in [0.717, 1.165) is 95.8 Å². The molecule has 1 amide bonds. The van der Waals surface area contributed by atoms with Crippen LogP contribution in [0.5, 0.6) is 5.75 Å². The highest BCUT2D eigenvalue weighted by atomic mass is 32.1. The van der Waals surface area contributed by atoms with Crippen LogP contribution in [0, 0.1) is 6.92 Å². The van der Waals surface area contributed by atoms with Gasteiger partial charge < -0.3 is 19.7 Å². The average molecular weight is 613 g/mol. The molecule has 2 aromatic carbocycles. The number of thiophene rings is 1. The van der Waals surface area contributed by atoms with Gasteiger partial charge in [0.1, 0.15) is 5.75 Å². The van der Waals surface area contributed by atoms with E-state index in [1.54, 1.807) is 0 Å². The number of fused-ring (bicyclic) bond motifs is 1. The van der Waals surface area contributed by atoms with Gasteiger partial charge in [0.2, 0.25) is 0 Å². The Hall–Kier alpha value is -3.08. The van der Waals surface area contributed by atoms with Crippen LogP contribution in [0.25, 0.3) is 21.3 Å².